The van der Waals surface area contributed by atoms with Gasteiger partial charge in [-0.1, -0.05) is 37.3 Å². The fourth-order valence-electron chi connectivity index (χ4n) is 1.29. The first-order valence-corrected chi connectivity index (χ1v) is 4.19. The van der Waals surface area contributed by atoms with Gasteiger partial charge in [0.15, 0.2) is 0 Å². The van der Waals surface area contributed by atoms with Gasteiger partial charge in [-0.3, -0.25) is 0 Å². The van der Waals surface area contributed by atoms with Crippen molar-refractivity contribution in [1.29, 1.82) is 0 Å². The molecular formula is C10H13NaO3. The van der Waals surface area contributed by atoms with E-state index in [1.165, 1.54) is 0 Å². The Hall–Kier alpha value is -0.350. The minimum absolute atomic E-state index is 0. The minimum atomic E-state index is -0.603. The fraction of sp³-hybridized carbons (Fsp3) is 0.300. The van der Waals surface area contributed by atoms with Crippen LogP contribution in [0.25, 0.3) is 0 Å². The van der Waals surface area contributed by atoms with Crippen molar-refractivity contribution in [3.05, 3.63) is 35.9 Å². The molecule has 1 aromatic rings. The van der Waals surface area contributed by atoms with E-state index in [4.69, 9.17) is 5.26 Å². The van der Waals surface area contributed by atoms with E-state index in [2.05, 4.69) is 4.89 Å². The van der Waals surface area contributed by atoms with Gasteiger partial charge in [-0.2, -0.15) is 5.26 Å². The molecule has 0 saturated heterocycles. The van der Waals surface area contributed by atoms with Crippen LogP contribution in [0.15, 0.2) is 30.3 Å². The average molecular weight is 204 g/mol. The molecule has 1 atom stereocenters. The van der Waals surface area contributed by atoms with Gasteiger partial charge in [0.05, 0.1) is 5.92 Å². The van der Waals surface area contributed by atoms with Gasteiger partial charge in [0.25, 0.3) is 0 Å². The standard InChI is InChI=1S/C10H12O3.Na.H/c1-2-9(10(11)13-12)8-6-4-3-5-7-8;;/h3-7,9,12H,2H2,1H3;;. The van der Waals surface area contributed by atoms with E-state index in [0.29, 0.717) is 6.42 Å². The first kappa shape index (κ1) is 13.7. The second-order valence-corrected chi connectivity index (χ2v) is 2.78. The summed E-state index contributed by atoms with van der Waals surface area (Å²) >= 11 is 0. The summed E-state index contributed by atoms with van der Waals surface area (Å²) in [6.07, 6.45) is 0.614. The third kappa shape index (κ3) is 3.42. The number of benzene rings is 1. The molecule has 0 aliphatic rings. The quantitative estimate of drug-likeness (QED) is 0.461. The molecule has 0 aliphatic carbocycles. The van der Waals surface area contributed by atoms with Crippen molar-refractivity contribution in [3.8, 4) is 0 Å². The molecule has 0 amide bonds. The van der Waals surface area contributed by atoms with E-state index in [1.807, 2.05) is 37.3 Å². The van der Waals surface area contributed by atoms with Crippen LogP contribution in [0.1, 0.15) is 24.8 Å². The molecule has 0 spiro atoms. The Labute approximate surface area is 105 Å². The van der Waals surface area contributed by atoms with Gasteiger partial charge in [-0.15, -0.1) is 0 Å². The molecule has 1 aromatic carbocycles. The van der Waals surface area contributed by atoms with E-state index in [0.717, 1.165) is 5.56 Å². The third-order valence-corrected chi connectivity index (χ3v) is 1.98. The van der Waals surface area contributed by atoms with Gasteiger partial charge in [-0.05, 0) is 12.0 Å². The summed E-state index contributed by atoms with van der Waals surface area (Å²) in [5.74, 6) is -0.972. The molecule has 0 bridgehead atoms. The topological polar surface area (TPSA) is 46.5 Å². The Morgan fingerprint density at radius 3 is 2.43 bits per heavy atom. The van der Waals surface area contributed by atoms with Crippen molar-refractivity contribution < 1.29 is 14.9 Å². The van der Waals surface area contributed by atoms with Crippen LogP contribution in [0.3, 0.4) is 0 Å². The zero-order valence-electron chi connectivity index (χ0n) is 7.43. The molecule has 72 valence electrons. The van der Waals surface area contributed by atoms with E-state index in [-0.39, 0.29) is 35.5 Å². The van der Waals surface area contributed by atoms with Crippen molar-refractivity contribution in [2.75, 3.05) is 0 Å². The zero-order valence-corrected chi connectivity index (χ0v) is 7.43. The molecule has 14 heavy (non-hydrogen) atoms. The summed E-state index contributed by atoms with van der Waals surface area (Å²) in [6.45, 7) is 1.87. The Kier molecular flexibility index (Phi) is 6.83. The number of carbonyl (C=O) groups excluding carboxylic acids is 1. The first-order valence-electron chi connectivity index (χ1n) is 4.19. The van der Waals surface area contributed by atoms with Crippen LogP contribution in [0.4, 0.5) is 0 Å². The average Bonchev–Trinajstić information content (AvgIpc) is 2.20. The molecule has 0 aromatic heterocycles. The molecule has 0 radical (unpaired) electrons. The number of hydrogen-bond acceptors (Lipinski definition) is 3. The monoisotopic (exact) mass is 204 g/mol. The van der Waals surface area contributed by atoms with Crippen LogP contribution in [-0.2, 0) is 9.68 Å². The van der Waals surface area contributed by atoms with Crippen molar-refractivity contribution in [2.45, 2.75) is 19.3 Å². The molecule has 1 rings (SSSR count). The summed E-state index contributed by atoms with van der Waals surface area (Å²) in [4.78, 5) is 14.8. The van der Waals surface area contributed by atoms with Crippen molar-refractivity contribution in [3.63, 3.8) is 0 Å². The van der Waals surface area contributed by atoms with Crippen LogP contribution < -0.4 is 0 Å². The van der Waals surface area contributed by atoms with Crippen LogP contribution in [0, 0.1) is 0 Å². The van der Waals surface area contributed by atoms with Gasteiger partial charge < -0.3 is 4.89 Å². The van der Waals surface area contributed by atoms with Crippen molar-refractivity contribution >= 4 is 35.5 Å². The summed E-state index contributed by atoms with van der Waals surface area (Å²) in [5.41, 5.74) is 0.865. The molecule has 4 heteroatoms. The molecule has 0 aliphatic heterocycles. The Morgan fingerprint density at radius 2 is 2.00 bits per heavy atom. The van der Waals surface area contributed by atoms with Gasteiger partial charge in [-0.25, -0.2) is 4.79 Å². The van der Waals surface area contributed by atoms with Crippen LogP contribution in [0.5, 0.6) is 0 Å². The number of carbonyl (C=O) groups is 1. The van der Waals surface area contributed by atoms with Gasteiger partial charge >= 0.3 is 35.5 Å². The predicted octanol–water partition coefficient (Wildman–Crippen LogP) is 1.55. The zero-order chi connectivity index (χ0) is 9.68. The summed E-state index contributed by atoms with van der Waals surface area (Å²) < 4.78 is 0. The molecule has 0 fully saturated rings. The second-order valence-electron chi connectivity index (χ2n) is 2.78. The number of rotatable bonds is 3. The second kappa shape index (κ2) is 7.01. The Morgan fingerprint density at radius 1 is 1.43 bits per heavy atom. The molecule has 3 nitrogen and oxygen atoms in total. The van der Waals surface area contributed by atoms with Gasteiger partial charge in [0.2, 0.25) is 0 Å². The fourth-order valence-corrected chi connectivity index (χ4v) is 1.29. The van der Waals surface area contributed by atoms with E-state index in [1.54, 1.807) is 0 Å². The molecule has 1 unspecified atom stereocenters. The van der Waals surface area contributed by atoms with E-state index >= 15 is 0 Å². The Balaban J connectivity index is 0.00000169. The van der Waals surface area contributed by atoms with E-state index in [9.17, 15) is 4.79 Å². The normalized spacial score (nSPS) is 11.3. The summed E-state index contributed by atoms with van der Waals surface area (Å²) in [6, 6.07) is 9.25. The molecule has 0 heterocycles. The maximum absolute atomic E-state index is 11.1. The Bertz CT molecular complexity index is 274. The predicted molar refractivity (Wildman–Crippen MR) is 55.3 cm³/mol. The van der Waals surface area contributed by atoms with Crippen LogP contribution in [0.2, 0.25) is 0 Å². The van der Waals surface area contributed by atoms with Crippen molar-refractivity contribution in [2.24, 2.45) is 0 Å². The van der Waals surface area contributed by atoms with Crippen LogP contribution >= 0.6 is 0 Å². The van der Waals surface area contributed by atoms with E-state index < -0.39 is 5.97 Å². The first-order chi connectivity index (χ1) is 6.29. The SMILES string of the molecule is CCC(C(=O)OO)c1ccccc1.[NaH]. The maximum atomic E-state index is 11.1. The molecule has 0 saturated carbocycles. The number of hydrogen-bond donors (Lipinski definition) is 1. The molecule has 1 N–H and O–H groups in total. The third-order valence-electron chi connectivity index (χ3n) is 1.98. The van der Waals surface area contributed by atoms with Gasteiger partial charge in [0, 0.05) is 0 Å². The van der Waals surface area contributed by atoms with Crippen molar-refractivity contribution in [1.82, 2.24) is 0 Å². The van der Waals surface area contributed by atoms with Crippen LogP contribution in [-0.4, -0.2) is 40.8 Å². The summed E-state index contributed by atoms with van der Waals surface area (Å²) in [5, 5.41) is 8.25. The van der Waals surface area contributed by atoms with Gasteiger partial charge in [0.1, 0.15) is 0 Å². The molecular weight excluding hydrogens is 191 g/mol. The summed E-state index contributed by atoms with van der Waals surface area (Å²) in [7, 11) is 0.